The number of para-hydroxylation sites is 1. The van der Waals surface area contributed by atoms with Gasteiger partial charge in [0.2, 0.25) is 11.2 Å². The minimum Gasteiger partial charge on any atom is -0.493 e. The van der Waals surface area contributed by atoms with E-state index in [1.54, 1.807) is 33.5 Å². The van der Waals surface area contributed by atoms with Gasteiger partial charge >= 0.3 is 0 Å². The van der Waals surface area contributed by atoms with Crippen molar-refractivity contribution in [3.8, 4) is 39.9 Å². The SMILES string of the molecule is COc1cc2c(c(OC)c1OC)-c1ccc(OC)c(=O)cc1C(N(C)Cc1ccccc1OC(C)C)CC2. The molecule has 202 valence electrons. The van der Waals surface area contributed by atoms with E-state index in [2.05, 4.69) is 18.0 Å². The van der Waals surface area contributed by atoms with Gasteiger partial charge < -0.3 is 23.7 Å². The fourth-order valence-corrected chi connectivity index (χ4v) is 5.29. The Balaban J connectivity index is 1.90. The van der Waals surface area contributed by atoms with Crippen LogP contribution in [-0.4, -0.2) is 46.5 Å². The van der Waals surface area contributed by atoms with Crippen LogP contribution >= 0.6 is 0 Å². The average Bonchev–Trinajstić information content (AvgIpc) is 3.15. The van der Waals surface area contributed by atoms with Crippen LogP contribution in [0, 0.1) is 0 Å². The number of fused-ring (bicyclic) bond motifs is 3. The minimum absolute atomic E-state index is 0.0593. The van der Waals surface area contributed by atoms with E-state index in [0.29, 0.717) is 23.8 Å². The predicted molar refractivity (Wildman–Crippen MR) is 149 cm³/mol. The number of hydrogen-bond donors (Lipinski definition) is 0. The maximum absolute atomic E-state index is 13.2. The van der Waals surface area contributed by atoms with E-state index in [9.17, 15) is 4.79 Å². The molecule has 0 saturated carbocycles. The number of aryl methyl sites for hydroxylation is 1. The summed E-state index contributed by atoms with van der Waals surface area (Å²) in [7, 11) is 8.45. The summed E-state index contributed by atoms with van der Waals surface area (Å²) in [6.45, 7) is 4.70. The molecular formula is C31H37NO6. The van der Waals surface area contributed by atoms with Crippen molar-refractivity contribution in [3.05, 3.63) is 75.4 Å². The number of ether oxygens (including phenoxy) is 5. The lowest BCUT2D eigenvalue weighted by Crippen LogP contribution is -2.25. The van der Waals surface area contributed by atoms with Gasteiger partial charge in [0.15, 0.2) is 17.2 Å². The van der Waals surface area contributed by atoms with E-state index in [1.807, 2.05) is 44.2 Å². The molecule has 1 atom stereocenters. The number of nitrogens with zero attached hydrogens (tertiary/aromatic N) is 1. The van der Waals surface area contributed by atoms with Gasteiger partial charge in [-0.15, -0.1) is 0 Å². The van der Waals surface area contributed by atoms with Crippen molar-refractivity contribution in [1.82, 2.24) is 4.90 Å². The Morgan fingerprint density at radius 2 is 1.58 bits per heavy atom. The van der Waals surface area contributed by atoms with Crippen molar-refractivity contribution < 1.29 is 23.7 Å². The van der Waals surface area contributed by atoms with E-state index in [1.165, 1.54) is 7.11 Å². The molecule has 0 N–H and O–H groups in total. The smallest absolute Gasteiger partial charge is 0.220 e. The molecule has 3 aromatic carbocycles. The topological polar surface area (TPSA) is 66.5 Å². The number of rotatable bonds is 9. The normalized spacial score (nSPS) is 14.4. The summed E-state index contributed by atoms with van der Waals surface area (Å²) in [6, 6.07) is 15.4. The van der Waals surface area contributed by atoms with Crippen LogP contribution in [0.15, 0.2) is 53.3 Å². The highest BCUT2D eigenvalue weighted by molar-refractivity contribution is 5.82. The van der Waals surface area contributed by atoms with Gasteiger partial charge in [-0.05, 0) is 74.7 Å². The second-order valence-corrected chi connectivity index (χ2v) is 9.70. The van der Waals surface area contributed by atoms with Gasteiger partial charge in [0.05, 0.1) is 34.5 Å². The third kappa shape index (κ3) is 5.29. The molecule has 1 aliphatic carbocycles. The molecule has 0 fully saturated rings. The van der Waals surface area contributed by atoms with E-state index >= 15 is 0 Å². The first-order chi connectivity index (χ1) is 18.3. The molecule has 0 heterocycles. The Bertz CT molecular complexity index is 1350. The zero-order valence-corrected chi connectivity index (χ0v) is 23.3. The van der Waals surface area contributed by atoms with Crippen molar-refractivity contribution in [1.29, 1.82) is 0 Å². The maximum Gasteiger partial charge on any atom is 0.220 e. The Morgan fingerprint density at radius 1 is 0.868 bits per heavy atom. The fraction of sp³-hybridized carbons (Fsp3) is 0.387. The molecule has 0 aliphatic heterocycles. The van der Waals surface area contributed by atoms with Gasteiger partial charge in [0.1, 0.15) is 5.75 Å². The molecule has 0 amide bonds. The molecule has 7 heteroatoms. The molecule has 0 bridgehead atoms. The predicted octanol–water partition coefficient (Wildman–Crippen LogP) is 5.65. The van der Waals surface area contributed by atoms with Crippen LogP contribution in [0.5, 0.6) is 28.7 Å². The Morgan fingerprint density at radius 3 is 2.24 bits per heavy atom. The Kier molecular flexibility index (Phi) is 8.47. The molecule has 4 rings (SSSR count). The van der Waals surface area contributed by atoms with Crippen molar-refractivity contribution in [3.63, 3.8) is 0 Å². The van der Waals surface area contributed by atoms with Gasteiger partial charge in [0, 0.05) is 23.7 Å². The lowest BCUT2D eigenvalue weighted by Gasteiger charge is -2.29. The standard InChI is InChI=1S/C31H37NO6/c1-19(2)38-26-11-9-8-10-21(26)18-32(3)24-14-12-20-16-28(35-5)30(36-6)31(37-7)29(20)22-13-15-27(34-4)25(33)17-23(22)24/h8-11,13,15-17,19,24H,12,14,18H2,1-7H3. The van der Waals surface area contributed by atoms with Crippen LogP contribution in [0.4, 0.5) is 0 Å². The first-order valence-electron chi connectivity index (χ1n) is 12.8. The molecule has 3 aromatic rings. The van der Waals surface area contributed by atoms with Crippen molar-refractivity contribution in [2.24, 2.45) is 0 Å². The summed E-state index contributed by atoms with van der Waals surface area (Å²) in [5.74, 6) is 2.87. The van der Waals surface area contributed by atoms with E-state index in [0.717, 1.165) is 46.4 Å². The highest BCUT2D eigenvalue weighted by atomic mass is 16.5. The van der Waals surface area contributed by atoms with Crippen molar-refractivity contribution in [2.75, 3.05) is 35.5 Å². The van der Waals surface area contributed by atoms with Gasteiger partial charge in [-0.3, -0.25) is 9.69 Å². The van der Waals surface area contributed by atoms with Crippen molar-refractivity contribution in [2.45, 2.75) is 45.4 Å². The first-order valence-corrected chi connectivity index (χ1v) is 12.8. The molecule has 0 radical (unpaired) electrons. The zero-order chi connectivity index (χ0) is 27.4. The van der Waals surface area contributed by atoms with Crippen LogP contribution in [0.25, 0.3) is 11.1 Å². The minimum atomic E-state index is -0.168. The summed E-state index contributed by atoms with van der Waals surface area (Å²) in [6.07, 6.45) is 1.62. The van der Waals surface area contributed by atoms with Crippen LogP contribution in [0.2, 0.25) is 0 Å². The van der Waals surface area contributed by atoms with Gasteiger partial charge in [-0.2, -0.15) is 0 Å². The maximum atomic E-state index is 13.2. The molecule has 0 spiro atoms. The number of benzene rings is 2. The second-order valence-electron chi connectivity index (χ2n) is 9.70. The summed E-state index contributed by atoms with van der Waals surface area (Å²) < 4.78 is 28.8. The molecule has 1 unspecified atom stereocenters. The highest BCUT2D eigenvalue weighted by Gasteiger charge is 2.31. The quantitative estimate of drug-likeness (QED) is 0.362. The lowest BCUT2D eigenvalue weighted by molar-refractivity contribution is 0.210. The van der Waals surface area contributed by atoms with Crippen LogP contribution in [0.1, 0.15) is 43.0 Å². The molecule has 1 aliphatic rings. The number of methoxy groups -OCH3 is 4. The molecular weight excluding hydrogens is 482 g/mol. The summed E-state index contributed by atoms with van der Waals surface area (Å²) in [5, 5.41) is 0. The van der Waals surface area contributed by atoms with Crippen LogP contribution in [-0.2, 0) is 13.0 Å². The fourth-order valence-electron chi connectivity index (χ4n) is 5.29. The molecule has 38 heavy (non-hydrogen) atoms. The van der Waals surface area contributed by atoms with Gasteiger partial charge in [-0.1, -0.05) is 24.3 Å². The lowest BCUT2D eigenvalue weighted by atomic mass is 9.95. The summed E-state index contributed by atoms with van der Waals surface area (Å²) in [5.41, 5.74) is 4.70. The monoisotopic (exact) mass is 519 g/mol. The Hall–Kier alpha value is -3.71. The number of hydrogen-bond acceptors (Lipinski definition) is 7. The average molecular weight is 520 g/mol. The van der Waals surface area contributed by atoms with Gasteiger partial charge in [-0.25, -0.2) is 0 Å². The van der Waals surface area contributed by atoms with E-state index < -0.39 is 0 Å². The first kappa shape index (κ1) is 27.3. The largest absolute Gasteiger partial charge is 0.493 e. The summed E-state index contributed by atoms with van der Waals surface area (Å²) in [4.78, 5) is 15.5. The van der Waals surface area contributed by atoms with E-state index in [-0.39, 0.29) is 23.3 Å². The molecule has 0 saturated heterocycles. The molecule has 0 aromatic heterocycles. The van der Waals surface area contributed by atoms with Gasteiger partial charge in [0.25, 0.3) is 0 Å². The third-order valence-electron chi connectivity index (χ3n) is 6.98. The second kappa shape index (κ2) is 11.8. The highest BCUT2D eigenvalue weighted by Crippen LogP contribution is 2.51. The molecule has 7 nitrogen and oxygen atoms in total. The van der Waals surface area contributed by atoms with Crippen LogP contribution < -0.4 is 29.1 Å². The Labute approximate surface area is 224 Å². The van der Waals surface area contributed by atoms with Crippen LogP contribution in [0.3, 0.4) is 0 Å². The summed E-state index contributed by atoms with van der Waals surface area (Å²) >= 11 is 0. The van der Waals surface area contributed by atoms with E-state index in [4.69, 9.17) is 23.7 Å². The zero-order valence-electron chi connectivity index (χ0n) is 23.3. The van der Waals surface area contributed by atoms with Crippen molar-refractivity contribution >= 4 is 0 Å². The third-order valence-corrected chi connectivity index (χ3v) is 6.98.